The Hall–Kier alpha value is -0.870. The molecule has 1 unspecified atom stereocenters. The van der Waals surface area contributed by atoms with E-state index in [-0.39, 0.29) is 0 Å². The van der Waals surface area contributed by atoms with E-state index in [1.54, 1.807) is 0 Å². The van der Waals surface area contributed by atoms with E-state index in [4.69, 9.17) is 27.9 Å². The highest BCUT2D eigenvalue weighted by molar-refractivity contribution is 7.99. The summed E-state index contributed by atoms with van der Waals surface area (Å²) in [5.41, 5.74) is 2.20. The van der Waals surface area contributed by atoms with E-state index in [0.717, 1.165) is 17.9 Å². The summed E-state index contributed by atoms with van der Waals surface area (Å²) in [6, 6.07) is 13.9. The molecule has 0 radical (unpaired) electrons. The Bertz CT molecular complexity index is 670. The van der Waals surface area contributed by atoms with Crippen molar-refractivity contribution in [2.24, 2.45) is 0 Å². The predicted octanol–water partition coefficient (Wildman–Crippen LogP) is 6.07. The van der Waals surface area contributed by atoms with Crippen LogP contribution in [0.3, 0.4) is 0 Å². The van der Waals surface area contributed by atoms with Gasteiger partial charge in [0, 0.05) is 39.7 Å². The summed E-state index contributed by atoms with van der Waals surface area (Å²) in [5, 5.41) is 1.82. The molecule has 1 fully saturated rings. The molecule has 0 aliphatic carbocycles. The zero-order valence-corrected chi connectivity index (χ0v) is 16.7. The third kappa shape index (κ3) is 5.07. The number of rotatable bonds is 6. The largest absolute Gasteiger partial charge is 0.489 e. The Labute approximate surface area is 164 Å². The molecule has 2 nitrogen and oxygen atoms in total. The summed E-state index contributed by atoms with van der Waals surface area (Å²) >= 11 is 14.4. The van der Waals surface area contributed by atoms with E-state index in [2.05, 4.69) is 24.0 Å². The second-order valence-corrected chi connectivity index (χ2v) is 8.34. The van der Waals surface area contributed by atoms with Gasteiger partial charge in [0.25, 0.3) is 0 Å². The van der Waals surface area contributed by atoms with Gasteiger partial charge in [-0.3, -0.25) is 0 Å². The van der Waals surface area contributed by atoms with Crippen molar-refractivity contribution in [3.63, 3.8) is 0 Å². The fourth-order valence-corrected chi connectivity index (χ4v) is 4.85. The Morgan fingerprint density at radius 1 is 1.12 bits per heavy atom. The maximum atomic E-state index is 6.19. The van der Waals surface area contributed by atoms with Crippen molar-refractivity contribution >= 4 is 35.0 Å². The second kappa shape index (κ2) is 9.18. The minimum atomic E-state index is 0.375. The molecule has 134 valence electrons. The maximum absolute atomic E-state index is 6.19. The molecule has 1 aliphatic rings. The van der Waals surface area contributed by atoms with Crippen LogP contribution in [0.2, 0.25) is 10.0 Å². The van der Waals surface area contributed by atoms with Crippen LogP contribution in [0.5, 0.6) is 5.75 Å². The summed E-state index contributed by atoms with van der Waals surface area (Å²) in [5.74, 6) is 2.04. The third-order valence-electron chi connectivity index (χ3n) is 4.39. The Kier molecular flexibility index (Phi) is 6.94. The van der Waals surface area contributed by atoms with Crippen LogP contribution in [0.15, 0.2) is 42.5 Å². The average Bonchev–Trinajstić information content (AvgIpc) is 2.62. The fraction of sp³-hybridized carbons (Fsp3) is 0.400. The molecule has 3 rings (SSSR count). The molecule has 25 heavy (non-hydrogen) atoms. The van der Waals surface area contributed by atoms with E-state index in [1.165, 1.54) is 30.8 Å². The first kappa shape index (κ1) is 18.9. The number of nitrogens with zero attached hydrogens (tertiary/aromatic N) is 1. The topological polar surface area (TPSA) is 12.5 Å². The number of hydrogen-bond donors (Lipinski definition) is 0. The molecule has 1 aliphatic heterocycles. The number of hydrogen-bond acceptors (Lipinski definition) is 3. The van der Waals surface area contributed by atoms with E-state index >= 15 is 0 Å². The lowest BCUT2D eigenvalue weighted by Gasteiger charge is -2.32. The van der Waals surface area contributed by atoms with Crippen LogP contribution in [-0.4, -0.2) is 30.3 Å². The summed E-state index contributed by atoms with van der Waals surface area (Å²) < 4.78 is 5.87. The lowest BCUT2D eigenvalue weighted by Crippen LogP contribution is -2.34. The smallest absolute Gasteiger partial charge is 0.119 e. The second-order valence-electron chi connectivity index (χ2n) is 6.22. The van der Waals surface area contributed by atoms with Gasteiger partial charge in [-0.05, 0) is 42.8 Å². The van der Waals surface area contributed by atoms with Crippen molar-refractivity contribution in [1.82, 2.24) is 4.90 Å². The third-order valence-corrected chi connectivity index (χ3v) is 6.34. The number of thioether (sulfide) groups is 1. The lowest BCUT2D eigenvalue weighted by molar-refractivity contribution is 0.284. The highest BCUT2D eigenvalue weighted by atomic mass is 35.5. The molecule has 1 saturated heterocycles. The van der Waals surface area contributed by atoms with E-state index in [9.17, 15) is 0 Å². The monoisotopic (exact) mass is 395 g/mol. The summed E-state index contributed by atoms with van der Waals surface area (Å²) in [6.07, 6.45) is 1.22. The lowest BCUT2D eigenvalue weighted by atomic mass is 10.1. The van der Waals surface area contributed by atoms with Gasteiger partial charge >= 0.3 is 0 Å². The van der Waals surface area contributed by atoms with Gasteiger partial charge in [0.05, 0.1) is 0 Å². The quantitative estimate of drug-likeness (QED) is 0.588. The molecular formula is C20H23Cl2NOS. The van der Waals surface area contributed by atoms with Crippen LogP contribution in [0.1, 0.15) is 29.7 Å². The van der Waals surface area contributed by atoms with Crippen LogP contribution < -0.4 is 4.74 Å². The van der Waals surface area contributed by atoms with Gasteiger partial charge in [-0.25, -0.2) is 0 Å². The van der Waals surface area contributed by atoms with Gasteiger partial charge in [0.2, 0.25) is 0 Å². The molecule has 1 atom stereocenters. The Morgan fingerprint density at radius 3 is 2.52 bits per heavy atom. The van der Waals surface area contributed by atoms with Crippen molar-refractivity contribution < 1.29 is 4.74 Å². The molecule has 0 bridgehead atoms. The van der Waals surface area contributed by atoms with Crippen molar-refractivity contribution in [2.75, 3.05) is 25.4 Å². The van der Waals surface area contributed by atoms with Crippen LogP contribution >= 0.6 is 35.0 Å². The Morgan fingerprint density at radius 2 is 1.84 bits per heavy atom. The van der Waals surface area contributed by atoms with Crippen molar-refractivity contribution in [1.29, 1.82) is 0 Å². The molecule has 0 amide bonds. The number of benzene rings is 2. The number of ether oxygens (including phenoxy) is 1. The molecule has 0 saturated carbocycles. The van der Waals surface area contributed by atoms with Crippen molar-refractivity contribution in [2.45, 2.75) is 25.2 Å². The molecule has 2 aromatic rings. The first-order valence-electron chi connectivity index (χ1n) is 8.67. The van der Waals surface area contributed by atoms with Gasteiger partial charge in [0.1, 0.15) is 12.4 Å². The van der Waals surface area contributed by atoms with Crippen LogP contribution in [-0.2, 0) is 6.61 Å². The van der Waals surface area contributed by atoms with Crippen LogP contribution in [0.25, 0.3) is 0 Å². The molecular weight excluding hydrogens is 373 g/mol. The first-order valence-corrected chi connectivity index (χ1v) is 10.5. The summed E-state index contributed by atoms with van der Waals surface area (Å²) in [7, 11) is 0. The standard InChI is InChI=1S/C20H23Cl2NOS/c1-2-10-23-11-12-25-20(13-23)15-6-8-16(9-7-15)24-14-17-18(21)4-3-5-19(17)22/h3-9,20H,2,10-14H2,1H3. The predicted molar refractivity (Wildman–Crippen MR) is 109 cm³/mol. The summed E-state index contributed by atoms with van der Waals surface area (Å²) in [6.45, 7) is 6.15. The van der Waals surface area contributed by atoms with Gasteiger partial charge in [-0.1, -0.05) is 48.3 Å². The van der Waals surface area contributed by atoms with Gasteiger partial charge in [-0.2, -0.15) is 11.8 Å². The van der Waals surface area contributed by atoms with E-state index in [0.29, 0.717) is 21.9 Å². The zero-order valence-electron chi connectivity index (χ0n) is 14.4. The van der Waals surface area contributed by atoms with E-state index < -0.39 is 0 Å². The van der Waals surface area contributed by atoms with Crippen LogP contribution in [0, 0.1) is 0 Å². The van der Waals surface area contributed by atoms with Gasteiger partial charge < -0.3 is 9.64 Å². The van der Waals surface area contributed by atoms with Gasteiger partial charge in [-0.15, -0.1) is 0 Å². The van der Waals surface area contributed by atoms with Gasteiger partial charge in [0.15, 0.2) is 0 Å². The van der Waals surface area contributed by atoms with Crippen molar-refractivity contribution in [3.05, 3.63) is 63.6 Å². The zero-order chi connectivity index (χ0) is 17.6. The molecule has 5 heteroatoms. The van der Waals surface area contributed by atoms with E-state index in [1.807, 2.05) is 42.1 Å². The fourth-order valence-electron chi connectivity index (χ4n) is 3.03. The minimum absolute atomic E-state index is 0.375. The SMILES string of the molecule is CCCN1CCSC(c2ccc(OCc3c(Cl)cccc3Cl)cc2)C1. The highest BCUT2D eigenvalue weighted by Gasteiger charge is 2.21. The molecule has 0 spiro atoms. The molecule has 0 N–H and O–H groups in total. The average molecular weight is 396 g/mol. The normalized spacial score (nSPS) is 18.3. The molecule has 1 heterocycles. The van der Waals surface area contributed by atoms with Crippen molar-refractivity contribution in [3.8, 4) is 5.75 Å². The minimum Gasteiger partial charge on any atom is -0.489 e. The highest BCUT2D eigenvalue weighted by Crippen LogP contribution is 2.34. The molecule has 0 aromatic heterocycles. The Balaban J connectivity index is 1.60. The first-order chi connectivity index (χ1) is 12.2. The van der Waals surface area contributed by atoms with Crippen LogP contribution in [0.4, 0.5) is 0 Å². The summed E-state index contributed by atoms with van der Waals surface area (Å²) in [4.78, 5) is 2.56. The molecule has 2 aromatic carbocycles. The number of halogens is 2. The maximum Gasteiger partial charge on any atom is 0.119 e.